The standard InChI is InChI=1S/C8H11IO2S/c9-4-6-8(1-2-12-5-8)3-7(10)11-6/h6H,1-5H2. The van der Waals surface area contributed by atoms with Crippen LogP contribution in [0.3, 0.4) is 0 Å². The highest BCUT2D eigenvalue weighted by Crippen LogP contribution is 2.47. The zero-order chi connectivity index (χ0) is 8.60. The third-order valence-electron chi connectivity index (χ3n) is 2.73. The van der Waals surface area contributed by atoms with E-state index in [4.69, 9.17) is 4.74 Å². The first-order chi connectivity index (χ1) is 5.77. The van der Waals surface area contributed by atoms with Crippen molar-refractivity contribution in [3.8, 4) is 0 Å². The van der Waals surface area contributed by atoms with Crippen molar-refractivity contribution >= 4 is 40.3 Å². The maximum Gasteiger partial charge on any atom is 0.306 e. The molecule has 0 saturated carbocycles. The molecule has 0 aliphatic carbocycles. The number of alkyl halides is 1. The summed E-state index contributed by atoms with van der Waals surface area (Å²) in [6.45, 7) is 0. The van der Waals surface area contributed by atoms with Gasteiger partial charge in [0.1, 0.15) is 6.10 Å². The molecule has 2 fully saturated rings. The lowest BCUT2D eigenvalue weighted by Gasteiger charge is -2.25. The predicted molar refractivity (Wildman–Crippen MR) is 57.8 cm³/mol. The number of hydrogen-bond acceptors (Lipinski definition) is 3. The molecule has 2 rings (SSSR count). The maximum absolute atomic E-state index is 11.1. The molecule has 2 saturated heterocycles. The fourth-order valence-corrected chi connectivity index (χ4v) is 4.59. The Hall–Kier alpha value is 0.550. The van der Waals surface area contributed by atoms with E-state index in [1.807, 2.05) is 11.8 Å². The molecule has 68 valence electrons. The van der Waals surface area contributed by atoms with Crippen LogP contribution in [-0.2, 0) is 9.53 Å². The van der Waals surface area contributed by atoms with Crippen molar-refractivity contribution in [3.63, 3.8) is 0 Å². The van der Waals surface area contributed by atoms with Crippen LogP contribution in [0.25, 0.3) is 0 Å². The van der Waals surface area contributed by atoms with E-state index in [0.29, 0.717) is 6.42 Å². The molecule has 0 aromatic heterocycles. The van der Waals surface area contributed by atoms with Gasteiger partial charge in [-0.3, -0.25) is 4.79 Å². The molecule has 0 amide bonds. The van der Waals surface area contributed by atoms with Crippen LogP contribution in [0.1, 0.15) is 12.8 Å². The molecule has 0 aromatic rings. The van der Waals surface area contributed by atoms with Crippen LogP contribution in [-0.4, -0.2) is 28.0 Å². The van der Waals surface area contributed by atoms with Crippen molar-refractivity contribution in [1.82, 2.24) is 0 Å². The van der Waals surface area contributed by atoms with Gasteiger partial charge in [0.15, 0.2) is 0 Å². The van der Waals surface area contributed by atoms with Crippen LogP contribution in [0.15, 0.2) is 0 Å². The molecule has 12 heavy (non-hydrogen) atoms. The van der Waals surface area contributed by atoms with Crippen LogP contribution in [0.2, 0.25) is 0 Å². The molecule has 2 heterocycles. The SMILES string of the molecule is O=C1CC2(CCSC2)C(CI)O1. The van der Waals surface area contributed by atoms with E-state index in [2.05, 4.69) is 22.6 Å². The molecule has 4 heteroatoms. The van der Waals surface area contributed by atoms with Crippen LogP contribution in [0, 0.1) is 5.41 Å². The summed E-state index contributed by atoms with van der Waals surface area (Å²) < 4.78 is 6.24. The van der Waals surface area contributed by atoms with E-state index >= 15 is 0 Å². The molecule has 1 spiro atoms. The Morgan fingerprint density at radius 2 is 2.58 bits per heavy atom. The number of halogens is 1. The van der Waals surface area contributed by atoms with Crippen molar-refractivity contribution in [1.29, 1.82) is 0 Å². The molecule has 0 bridgehead atoms. The Kier molecular flexibility index (Phi) is 2.56. The lowest BCUT2D eigenvalue weighted by atomic mass is 9.81. The molecule has 2 atom stereocenters. The summed E-state index contributed by atoms with van der Waals surface area (Å²) in [7, 11) is 0. The smallest absolute Gasteiger partial charge is 0.306 e. The summed E-state index contributed by atoms with van der Waals surface area (Å²) in [6.07, 6.45) is 2.02. The summed E-state index contributed by atoms with van der Waals surface area (Å²) in [4.78, 5) is 11.1. The number of hydrogen-bond donors (Lipinski definition) is 0. The molecular formula is C8H11IO2S. The van der Waals surface area contributed by atoms with Gasteiger partial charge in [0.25, 0.3) is 0 Å². The zero-order valence-electron chi connectivity index (χ0n) is 6.72. The first-order valence-electron chi connectivity index (χ1n) is 4.10. The second-order valence-electron chi connectivity index (χ2n) is 3.47. The molecular weight excluding hydrogens is 287 g/mol. The van der Waals surface area contributed by atoms with Gasteiger partial charge >= 0.3 is 5.97 Å². The summed E-state index contributed by atoms with van der Waals surface area (Å²) in [5.74, 6) is 2.33. The second kappa shape index (κ2) is 3.36. The van der Waals surface area contributed by atoms with Crippen molar-refractivity contribution in [2.75, 3.05) is 15.9 Å². The fourth-order valence-electron chi connectivity index (χ4n) is 1.94. The zero-order valence-corrected chi connectivity index (χ0v) is 9.69. The van der Waals surface area contributed by atoms with E-state index in [1.54, 1.807) is 0 Å². The van der Waals surface area contributed by atoms with Crippen molar-refractivity contribution in [2.24, 2.45) is 5.41 Å². The maximum atomic E-state index is 11.1. The minimum Gasteiger partial charge on any atom is -0.461 e. The van der Waals surface area contributed by atoms with Gasteiger partial charge in [-0.1, -0.05) is 22.6 Å². The van der Waals surface area contributed by atoms with E-state index in [1.165, 1.54) is 5.75 Å². The summed E-state index contributed by atoms with van der Waals surface area (Å²) >= 11 is 4.27. The first-order valence-corrected chi connectivity index (χ1v) is 6.78. The number of carbonyl (C=O) groups is 1. The molecule has 2 aliphatic rings. The highest BCUT2D eigenvalue weighted by Gasteiger charge is 2.50. The minimum absolute atomic E-state index is 0.0131. The monoisotopic (exact) mass is 298 g/mol. The summed E-state index contributed by atoms with van der Waals surface area (Å²) in [5.41, 5.74) is 0.211. The van der Waals surface area contributed by atoms with Gasteiger partial charge < -0.3 is 4.74 Å². The van der Waals surface area contributed by atoms with Crippen molar-refractivity contribution in [2.45, 2.75) is 18.9 Å². The lowest BCUT2D eigenvalue weighted by Crippen LogP contribution is -2.31. The predicted octanol–water partition coefficient (Wildman–Crippen LogP) is 1.86. The van der Waals surface area contributed by atoms with E-state index in [-0.39, 0.29) is 17.5 Å². The number of ether oxygens (including phenoxy) is 1. The van der Waals surface area contributed by atoms with E-state index in [9.17, 15) is 4.79 Å². The van der Waals surface area contributed by atoms with Crippen LogP contribution < -0.4 is 0 Å². The molecule has 2 aliphatic heterocycles. The number of thioether (sulfide) groups is 1. The molecule has 0 N–H and O–H groups in total. The Bertz CT molecular complexity index is 201. The topological polar surface area (TPSA) is 26.3 Å². The third-order valence-corrected chi connectivity index (χ3v) is 4.80. The van der Waals surface area contributed by atoms with Crippen LogP contribution in [0.5, 0.6) is 0 Å². The first kappa shape index (κ1) is 9.12. The number of cyclic esters (lactones) is 1. The van der Waals surface area contributed by atoms with Crippen LogP contribution in [0.4, 0.5) is 0 Å². The summed E-state index contributed by atoms with van der Waals surface area (Å²) in [6, 6.07) is 0. The normalized spacial score (nSPS) is 40.8. The molecule has 0 aromatic carbocycles. The fraction of sp³-hybridized carbons (Fsp3) is 0.875. The van der Waals surface area contributed by atoms with Gasteiger partial charge in [-0.15, -0.1) is 0 Å². The number of carbonyl (C=O) groups excluding carboxylic acids is 1. The van der Waals surface area contributed by atoms with Gasteiger partial charge in [-0.05, 0) is 12.2 Å². The van der Waals surface area contributed by atoms with E-state index < -0.39 is 0 Å². The van der Waals surface area contributed by atoms with Crippen LogP contribution >= 0.6 is 34.4 Å². The Morgan fingerprint density at radius 3 is 3.17 bits per heavy atom. The van der Waals surface area contributed by atoms with Gasteiger partial charge in [0.05, 0.1) is 6.42 Å². The quantitative estimate of drug-likeness (QED) is 0.420. The summed E-state index contributed by atoms with van der Waals surface area (Å²) in [5, 5.41) is 0. The van der Waals surface area contributed by atoms with Gasteiger partial charge in [0.2, 0.25) is 0 Å². The Balaban J connectivity index is 2.16. The van der Waals surface area contributed by atoms with E-state index in [0.717, 1.165) is 16.6 Å². The van der Waals surface area contributed by atoms with Gasteiger partial charge in [-0.2, -0.15) is 11.8 Å². The second-order valence-corrected chi connectivity index (χ2v) is 5.46. The molecule has 0 radical (unpaired) electrons. The van der Waals surface area contributed by atoms with Crippen molar-refractivity contribution < 1.29 is 9.53 Å². The lowest BCUT2D eigenvalue weighted by molar-refractivity contribution is -0.140. The number of esters is 1. The Labute approximate surface area is 89.9 Å². The number of rotatable bonds is 1. The molecule has 2 unspecified atom stereocenters. The Morgan fingerprint density at radius 1 is 1.75 bits per heavy atom. The van der Waals surface area contributed by atoms with Crippen molar-refractivity contribution in [3.05, 3.63) is 0 Å². The largest absolute Gasteiger partial charge is 0.461 e. The average Bonchev–Trinajstić information content (AvgIpc) is 2.60. The minimum atomic E-state index is 0.0131. The average molecular weight is 298 g/mol. The third kappa shape index (κ3) is 1.36. The highest BCUT2D eigenvalue weighted by molar-refractivity contribution is 14.1. The van der Waals surface area contributed by atoms with Gasteiger partial charge in [-0.25, -0.2) is 0 Å². The van der Waals surface area contributed by atoms with Gasteiger partial charge in [0, 0.05) is 15.6 Å². The molecule has 2 nitrogen and oxygen atoms in total. The highest BCUT2D eigenvalue weighted by atomic mass is 127.